The molecule has 0 saturated heterocycles. The number of hydrogen-bond acceptors (Lipinski definition) is 2. The number of Topliss-reactive ketones (excluding diaryl/α,β-unsaturated/α-hetero) is 1. The quantitative estimate of drug-likeness (QED) is 0.465. The molecule has 0 amide bonds. The first-order valence-electron chi connectivity index (χ1n) is 3.92. The third kappa shape index (κ3) is 2.76. The minimum absolute atomic E-state index is 0.0121. The Morgan fingerprint density at radius 2 is 1.94 bits per heavy atom. The van der Waals surface area contributed by atoms with Crippen molar-refractivity contribution < 1.29 is 22.4 Å². The number of benzene rings is 1. The van der Waals surface area contributed by atoms with Crippen LogP contribution in [-0.4, -0.2) is 18.2 Å². The topological polar surface area (TPSA) is 17.1 Å². The zero-order valence-electron chi connectivity index (χ0n) is 7.86. The van der Waals surface area contributed by atoms with Crippen LogP contribution in [0.15, 0.2) is 21.5 Å². The number of rotatable bonds is 2. The van der Waals surface area contributed by atoms with Crippen LogP contribution in [-0.2, 0) is 0 Å². The van der Waals surface area contributed by atoms with Crippen LogP contribution in [0.5, 0.6) is 0 Å². The molecule has 0 spiro atoms. The van der Waals surface area contributed by atoms with E-state index >= 15 is 0 Å². The van der Waals surface area contributed by atoms with Gasteiger partial charge in [0.25, 0.3) is 5.78 Å². The summed E-state index contributed by atoms with van der Waals surface area (Å²) in [6.07, 6.45) is -3.57. The fourth-order valence-electron chi connectivity index (χ4n) is 1.03. The van der Waals surface area contributed by atoms with E-state index in [2.05, 4.69) is 15.9 Å². The van der Waals surface area contributed by atoms with Gasteiger partial charge in [-0.05, 0) is 18.4 Å². The van der Waals surface area contributed by atoms with Gasteiger partial charge in [0.1, 0.15) is 5.82 Å². The van der Waals surface area contributed by atoms with E-state index < -0.39 is 23.3 Å². The first-order valence-corrected chi connectivity index (χ1v) is 5.93. The van der Waals surface area contributed by atoms with Crippen LogP contribution in [0.25, 0.3) is 0 Å². The summed E-state index contributed by atoms with van der Waals surface area (Å²) in [5, 5.41) is 0. The Kier molecular flexibility index (Phi) is 4.01. The number of halogens is 5. The Morgan fingerprint density at radius 1 is 1.38 bits per heavy atom. The standard InChI is InChI=1S/C9H5BrF4OS/c1-16-6-3-4(10)2-5(7(6)11)8(15)9(12,13)14/h2-3H,1H3. The molecule has 0 aliphatic carbocycles. The summed E-state index contributed by atoms with van der Waals surface area (Å²) in [6, 6.07) is 2.14. The number of ketones is 1. The van der Waals surface area contributed by atoms with Gasteiger partial charge < -0.3 is 0 Å². The summed E-state index contributed by atoms with van der Waals surface area (Å²) in [7, 11) is 0. The highest BCUT2D eigenvalue weighted by Crippen LogP contribution is 2.30. The van der Waals surface area contributed by atoms with E-state index in [4.69, 9.17) is 0 Å². The van der Waals surface area contributed by atoms with E-state index in [0.29, 0.717) is 0 Å². The molecule has 0 radical (unpaired) electrons. The van der Waals surface area contributed by atoms with E-state index in [9.17, 15) is 22.4 Å². The molecule has 7 heteroatoms. The second-order valence-electron chi connectivity index (χ2n) is 2.80. The molecule has 0 atom stereocenters. The monoisotopic (exact) mass is 316 g/mol. The summed E-state index contributed by atoms with van der Waals surface area (Å²) >= 11 is 3.85. The molecule has 0 aromatic heterocycles. The molecule has 0 aliphatic heterocycles. The molecular formula is C9H5BrF4OS. The molecule has 0 unspecified atom stereocenters. The second kappa shape index (κ2) is 4.75. The molecule has 1 nitrogen and oxygen atoms in total. The minimum atomic E-state index is -5.07. The van der Waals surface area contributed by atoms with Crippen molar-refractivity contribution in [1.82, 2.24) is 0 Å². The van der Waals surface area contributed by atoms with Crippen molar-refractivity contribution in [2.45, 2.75) is 11.1 Å². The van der Waals surface area contributed by atoms with Crippen molar-refractivity contribution >= 4 is 33.5 Å². The second-order valence-corrected chi connectivity index (χ2v) is 4.56. The van der Waals surface area contributed by atoms with Gasteiger partial charge in [0.2, 0.25) is 0 Å². The molecule has 1 aromatic rings. The molecule has 1 rings (SSSR count). The number of carbonyl (C=O) groups excluding carboxylic acids is 1. The van der Waals surface area contributed by atoms with Gasteiger partial charge in [-0.3, -0.25) is 4.79 Å². The van der Waals surface area contributed by atoms with Crippen LogP contribution in [0.1, 0.15) is 10.4 Å². The van der Waals surface area contributed by atoms with Gasteiger partial charge in [-0.25, -0.2) is 4.39 Å². The Hall–Kier alpha value is -0.560. The van der Waals surface area contributed by atoms with E-state index in [-0.39, 0.29) is 9.37 Å². The number of alkyl halides is 3. The largest absolute Gasteiger partial charge is 0.454 e. The maximum atomic E-state index is 13.5. The van der Waals surface area contributed by atoms with Crippen LogP contribution in [0.3, 0.4) is 0 Å². The Morgan fingerprint density at radius 3 is 2.38 bits per heavy atom. The van der Waals surface area contributed by atoms with Gasteiger partial charge in [0.05, 0.1) is 5.56 Å². The van der Waals surface area contributed by atoms with E-state index in [1.807, 2.05) is 0 Å². The average molecular weight is 317 g/mol. The van der Waals surface area contributed by atoms with Gasteiger partial charge in [0, 0.05) is 9.37 Å². The molecule has 0 saturated carbocycles. The summed E-state index contributed by atoms with van der Waals surface area (Å²) in [5.74, 6) is -3.32. The number of thioether (sulfide) groups is 1. The third-order valence-corrected chi connectivity index (χ3v) is 2.92. The number of carbonyl (C=O) groups is 1. The summed E-state index contributed by atoms with van der Waals surface area (Å²) in [5.41, 5.74) is -0.966. The molecule has 0 N–H and O–H groups in total. The van der Waals surface area contributed by atoms with Crippen LogP contribution >= 0.6 is 27.7 Å². The van der Waals surface area contributed by atoms with Gasteiger partial charge >= 0.3 is 6.18 Å². The first kappa shape index (κ1) is 13.5. The summed E-state index contributed by atoms with van der Waals surface area (Å²) < 4.78 is 50.1. The van der Waals surface area contributed by atoms with Gasteiger partial charge in [-0.1, -0.05) is 15.9 Å². The molecular weight excluding hydrogens is 312 g/mol. The molecule has 0 bridgehead atoms. The van der Waals surface area contributed by atoms with Crippen LogP contribution in [0, 0.1) is 5.82 Å². The van der Waals surface area contributed by atoms with E-state index in [1.54, 1.807) is 0 Å². The predicted molar refractivity (Wildman–Crippen MR) is 56.3 cm³/mol. The summed E-state index contributed by atoms with van der Waals surface area (Å²) in [6.45, 7) is 0. The number of hydrogen-bond donors (Lipinski definition) is 0. The van der Waals surface area contributed by atoms with Gasteiger partial charge in [0.15, 0.2) is 0 Å². The van der Waals surface area contributed by atoms with Crippen molar-refractivity contribution in [3.8, 4) is 0 Å². The lowest BCUT2D eigenvalue weighted by atomic mass is 10.1. The highest BCUT2D eigenvalue weighted by atomic mass is 79.9. The molecule has 0 aliphatic rings. The fraction of sp³-hybridized carbons (Fsp3) is 0.222. The van der Waals surface area contributed by atoms with Crippen LogP contribution in [0.2, 0.25) is 0 Å². The highest BCUT2D eigenvalue weighted by Gasteiger charge is 2.41. The third-order valence-electron chi connectivity index (χ3n) is 1.73. The molecule has 88 valence electrons. The van der Waals surface area contributed by atoms with E-state index in [1.165, 1.54) is 12.3 Å². The van der Waals surface area contributed by atoms with Crippen LogP contribution in [0.4, 0.5) is 17.6 Å². The molecule has 1 aromatic carbocycles. The fourth-order valence-corrected chi connectivity index (χ4v) is 2.17. The lowest BCUT2D eigenvalue weighted by Crippen LogP contribution is -2.24. The van der Waals surface area contributed by atoms with Crippen molar-refractivity contribution in [2.24, 2.45) is 0 Å². The lowest BCUT2D eigenvalue weighted by molar-refractivity contribution is -0.0887. The Labute approximate surface area is 101 Å². The first-order chi connectivity index (χ1) is 7.27. The van der Waals surface area contributed by atoms with E-state index in [0.717, 1.165) is 17.8 Å². The highest BCUT2D eigenvalue weighted by molar-refractivity contribution is 9.10. The van der Waals surface area contributed by atoms with Crippen LogP contribution < -0.4 is 0 Å². The molecule has 16 heavy (non-hydrogen) atoms. The van der Waals surface area contributed by atoms with Crippen molar-refractivity contribution in [1.29, 1.82) is 0 Å². The Bertz CT molecular complexity index is 430. The predicted octanol–water partition coefficient (Wildman–Crippen LogP) is 4.06. The summed E-state index contributed by atoms with van der Waals surface area (Å²) in [4.78, 5) is 10.9. The SMILES string of the molecule is CSc1cc(Br)cc(C(=O)C(F)(F)F)c1F. The minimum Gasteiger partial charge on any atom is -0.284 e. The zero-order valence-corrected chi connectivity index (χ0v) is 10.3. The molecule has 0 heterocycles. The average Bonchev–Trinajstić information content (AvgIpc) is 2.18. The van der Waals surface area contributed by atoms with Crippen molar-refractivity contribution in [3.05, 3.63) is 28.0 Å². The lowest BCUT2D eigenvalue weighted by Gasteiger charge is -2.09. The maximum Gasteiger partial charge on any atom is 0.454 e. The maximum absolute atomic E-state index is 13.5. The van der Waals surface area contributed by atoms with Gasteiger partial charge in [-0.15, -0.1) is 11.8 Å². The van der Waals surface area contributed by atoms with Gasteiger partial charge in [-0.2, -0.15) is 13.2 Å². The smallest absolute Gasteiger partial charge is 0.284 e. The Balaban J connectivity index is 3.34. The molecule has 0 fully saturated rings. The van der Waals surface area contributed by atoms with Crippen molar-refractivity contribution in [3.63, 3.8) is 0 Å². The zero-order chi connectivity index (χ0) is 12.5. The normalized spacial score (nSPS) is 11.6. The van der Waals surface area contributed by atoms with Crippen molar-refractivity contribution in [2.75, 3.05) is 6.26 Å².